The molecule has 0 unspecified atom stereocenters. The summed E-state index contributed by atoms with van der Waals surface area (Å²) in [7, 11) is 1.76. The average molecular weight is 298 g/mol. The summed E-state index contributed by atoms with van der Waals surface area (Å²) in [5, 5.41) is 0. The fraction of sp³-hybridized carbons (Fsp3) is 0.538. The minimum atomic E-state index is -0.0824. The van der Waals surface area contributed by atoms with Crippen molar-refractivity contribution in [2.24, 2.45) is 5.73 Å². The van der Waals surface area contributed by atoms with E-state index in [1.807, 2.05) is 12.1 Å². The van der Waals surface area contributed by atoms with Crippen LogP contribution in [0, 0.1) is 0 Å². The van der Waals surface area contributed by atoms with E-state index in [2.05, 4.69) is 22.0 Å². The van der Waals surface area contributed by atoms with E-state index in [1.165, 1.54) is 0 Å². The van der Waals surface area contributed by atoms with Crippen LogP contribution < -0.4 is 10.5 Å². The lowest BCUT2D eigenvalue weighted by Gasteiger charge is -2.50. The number of ether oxygens (including phenoxy) is 2. The zero-order valence-corrected chi connectivity index (χ0v) is 11.4. The van der Waals surface area contributed by atoms with E-state index in [-0.39, 0.29) is 11.6 Å². The SMILES string of the molecule is COC1CC2(C1)C[C@@H](N)c1cc(Br)ccc1O2. The van der Waals surface area contributed by atoms with Crippen LogP contribution >= 0.6 is 15.9 Å². The maximum atomic E-state index is 6.25. The van der Waals surface area contributed by atoms with Gasteiger partial charge in [0.25, 0.3) is 0 Å². The Morgan fingerprint density at radius 2 is 2.18 bits per heavy atom. The second-order valence-corrected chi connectivity index (χ2v) is 5.96. The van der Waals surface area contributed by atoms with Gasteiger partial charge in [0.05, 0.1) is 6.10 Å². The second kappa shape index (κ2) is 3.97. The number of nitrogens with two attached hydrogens (primary N) is 1. The van der Waals surface area contributed by atoms with Crippen LogP contribution in [-0.2, 0) is 4.74 Å². The molecule has 2 N–H and O–H groups in total. The summed E-state index contributed by atoms with van der Waals surface area (Å²) in [6.07, 6.45) is 3.12. The van der Waals surface area contributed by atoms with Crippen molar-refractivity contribution in [3.63, 3.8) is 0 Å². The number of rotatable bonds is 1. The number of hydrogen-bond acceptors (Lipinski definition) is 3. The Bertz CT molecular complexity index is 443. The van der Waals surface area contributed by atoms with Gasteiger partial charge in [-0.25, -0.2) is 0 Å². The summed E-state index contributed by atoms with van der Waals surface area (Å²) in [5.74, 6) is 0.932. The fourth-order valence-electron chi connectivity index (χ4n) is 2.87. The van der Waals surface area contributed by atoms with Gasteiger partial charge in [-0.15, -0.1) is 0 Å². The number of methoxy groups -OCH3 is 1. The van der Waals surface area contributed by atoms with Crippen molar-refractivity contribution in [1.29, 1.82) is 0 Å². The lowest BCUT2D eigenvalue weighted by molar-refractivity contribution is -0.124. The van der Waals surface area contributed by atoms with Gasteiger partial charge in [0.2, 0.25) is 0 Å². The highest BCUT2D eigenvalue weighted by atomic mass is 79.9. The molecule has 92 valence electrons. The van der Waals surface area contributed by atoms with Gasteiger partial charge in [-0.2, -0.15) is 0 Å². The molecule has 0 saturated heterocycles. The van der Waals surface area contributed by atoms with Crippen LogP contribution in [0.5, 0.6) is 5.75 Å². The van der Waals surface area contributed by atoms with Crippen LogP contribution in [0.1, 0.15) is 30.9 Å². The molecule has 2 aliphatic rings. The van der Waals surface area contributed by atoms with E-state index in [4.69, 9.17) is 15.2 Å². The molecule has 0 amide bonds. The predicted molar refractivity (Wildman–Crippen MR) is 69.1 cm³/mol. The van der Waals surface area contributed by atoms with Gasteiger partial charge >= 0.3 is 0 Å². The number of benzene rings is 1. The van der Waals surface area contributed by atoms with E-state index < -0.39 is 0 Å². The first-order valence-corrected chi connectivity index (χ1v) is 6.68. The van der Waals surface area contributed by atoms with Crippen molar-refractivity contribution in [3.05, 3.63) is 28.2 Å². The minimum Gasteiger partial charge on any atom is -0.487 e. The first-order chi connectivity index (χ1) is 8.12. The van der Waals surface area contributed by atoms with Gasteiger partial charge < -0.3 is 15.2 Å². The van der Waals surface area contributed by atoms with Gasteiger partial charge in [0.15, 0.2) is 0 Å². The normalized spacial score (nSPS) is 35.0. The van der Waals surface area contributed by atoms with E-state index in [9.17, 15) is 0 Å². The Morgan fingerprint density at radius 3 is 2.88 bits per heavy atom. The molecule has 1 fully saturated rings. The summed E-state index contributed by atoms with van der Waals surface area (Å²) in [5.41, 5.74) is 7.27. The summed E-state index contributed by atoms with van der Waals surface area (Å²) in [6, 6.07) is 6.12. The van der Waals surface area contributed by atoms with Crippen molar-refractivity contribution in [3.8, 4) is 5.75 Å². The van der Waals surface area contributed by atoms with Crippen LogP contribution in [0.15, 0.2) is 22.7 Å². The molecule has 3 nitrogen and oxygen atoms in total. The summed E-state index contributed by atoms with van der Waals surface area (Å²) in [4.78, 5) is 0. The zero-order chi connectivity index (χ0) is 12.0. The third kappa shape index (κ3) is 1.88. The molecule has 1 aliphatic carbocycles. The van der Waals surface area contributed by atoms with Crippen molar-refractivity contribution in [2.45, 2.75) is 37.0 Å². The Kier molecular flexibility index (Phi) is 2.69. The van der Waals surface area contributed by atoms with Crippen LogP contribution in [0.3, 0.4) is 0 Å². The second-order valence-electron chi connectivity index (χ2n) is 5.04. The van der Waals surface area contributed by atoms with Crippen molar-refractivity contribution < 1.29 is 9.47 Å². The molecular formula is C13H16BrNO2. The van der Waals surface area contributed by atoms with Crippen molar-refractivity contribution in [2.75, 3.05) is 7.11 Å². The summed E-state index contributed by atoms with van der Waals surface area (Å²) >= 11 is 3.47. The number of halogens is 1. The highest BCUT2D eigenvalue weighted by Gasteiger charge is 2.50. The summed E-state index contributed by atoms with van der Waals surface area (Å²) in [6.45, 7) is 0. The maximum Gasteiger partial charge on any atom is 0.124 e. The molecule has 1 aromatic carbocycles. The Labute approximate surface area is 109 Å². The van der Waals surface area contributed by atoms with Gasteiger partial charge in [0.1, 0.15) is 11.4 Å². The van der Waals surface area contributed by atoms with E-state index >= 15 is 0 Å². The first kappa shape index (κ1) is 11.5. The van der Waals surface area contributed by atoms with Gasteiger partial charge in [-0.1, -0.05) is 15.9 Å². The van der Waals surface area contributed by atoms with Crippen molar-refractivity contribution in [1.82, 2.24) is 0 Å². The topological polar surface area (TPSA) is 44.5 Å². The smallest absolute Gasteiger partial charge is 0.124 e. The lowest BCUT2D eigenvalue weighted by Crippen LogP contribution is -2.55. The molecule has 0 bridgehead atoms. The molecule has 4 heteroatoms. The molecule has 1 saturated carbocycles. The minimum absolute atomic E-state index is 0.0639. The highest BCUT2D eigenvalue weighted by Crippen LogP contribution is 2.49. The molecular weight excluding hydrogens is 282 g/mol. The van der Waals surface area contributed by atoms with E-state index in [0.717, 1.165) is 35.0 Å². The Hall–Kier alpha value is -0.580. The van der Waals surface area contributed by atoms with E-state index in [1.54, 1.807) is 7.11 Å². The molecule has 1 spiro atoms. The maximum absolute atomic E-state index is 6.25. The van der Waals surface area contributed by atoms with Crippen molar-refractivity contribution >= 4 is 15.9 Å². The Balaban J connectivity index is 1.87. The fourth-order valence-corrected chi connectivity index (χ4v) is 3.25. The largest absolute Gasteiger partial charge is 0.487 e. The first-order valence-electron chi connectivity index (χ1n) is 5.89. The third-order valence-corrected chi connectivity index (χ3v) is 4.32. The standard InChI is InChI=1S/C13H16BrNO2/c1-16-9-5-13(6-9)7-11(15)10-4-8(14)2-3-12(10)17-13/h2-4,9,11H,5-7,15H2,1H3/t9?,11-,13?/m1/s1. The molecule has 1 atom stereocenters. The molecule has 3 rings (SSSR count). The Morgan fingerprint density at radius 1 is 1.41 bits per heavy atom. The molecule has 0 aromatic heterocycles. The molecule has 17 heavy (non-hydrogen) atoms. The van der Waals surface area contributed by atoms with Gasteiger partial charge in [0, 0.05) is 42.5 Å². The van der Waals surface area contributed by atoms with Gasteiger partial charge in [-0.05, 0) is 18.2 Å². The molecule has 1 aromatic rings. The predicted octanol–water partition coefficient (Wildman–Crippen LogP) is 2.78. The average Bonchev–Trinajstić information content (AvgIpc) is 2.26. The van der Waals surface area contributed by atoms with Crippen LogP contribution in [0.2, 0.25) is 0 Å². The molecule has 0 radical (unpaired) electrons. The third-order valence-electron chi connectivity index (χ3n) is 3.82. The molecule has 1 heterocycles. The highest BCUT2D eigenvalue weighted by molar-refractivity contribution is 9.10. The van der Waals surface area contributed by atoms with Crippen LogP contribution in [0.4, 0.5) is 0 Å². The lowest BCUT2D eigenvalue weighted by atomic mass is 9.71. The quantitative estimate of drug-likeness (QED) is 0.867. The van der Waals surface area contributed by atoms with Crippen LogP contribution in [0.25, 0.3) is 0 Å². The number of hydrogen-bond donors (Lipinski definition) is 1. The van der Waals surface area contributed by atoms with Crippen LogP contribution in [-0.4, -0.2) is 18.8 Å². The number of fused-ring (bicyclic) bond motifs is 1. The molecule has 1 aliphatic heterocycles. The summed E-state index contributed by atoms with van der Waals surface area (Å²) < 4.78 is 12.5. The monoisotopic (exact) mass is 297 g/mol. The van der Waals surface area contributed by atoms with Gasteiger partial charge in [-0.3, -0.25) is 0 Å². The van der Waals surface area contributed by atoms with E-state index in [0.29, 0.717) is 6.10 Å². The zero-order valence-electron chi connectivity index (χ0n) is 9.78.